The first kappa shape index (κ1) is 68.0. The number of benzene rings is 4. The molecule has 0 aliphatic carbocycles. The Hall–Kier alpha value is -6.76. The molecule has 0 spiro atoms. The van der Waals surface area contributed by atoms with Gasteiger partial charge in [0, 0.05) is 56.4 Å². The predicted molar refractivity (Wildman–Crippen MR) is 340 cm³/mol. The molecule has 1 aliphatic heterocycles. The topological polar surface area (TPSA) is 216 Å². The fraction of sp³-hybridized carbons (Fsp3) is 0.467. The molecule has 0 fully saturated rings. The molecule has 1 heterocycles. The van der Waals surface area contributed by atoms with Crippen molar-refractivity contribution in [3.05, 3.63) is 70.8 Å². The first-order valence-electron chi connectivity index (χ1n) is 27.0. The maximum Gasteiger partial charge on any atom is 0.278 e. The van der Waals surface area contributed by atoms with E-state index < -0.39 is 71.7 Å². The minimum absolute atomic E-state index is 0.370. The standard InChI is InChI=1S/C60H84N12O8S4/c1-57(2,3)37-21-41-53(77-29-49(73)65-61-33-69(13)14)42(22-37)82-44-24-39(59(7,8)9)26-46(55(44)79-31-51(75)67-63-35-71(17)18)84-48-28-40(60(10,11)12)27-47(56(48)80-32-52(76)68-64-36-72(19)20)83-45-25-38(58(4,5)6)23-43(81-41)54(45)78-30-50(74)66-62-34-70(15)16/h21-28,33-36H,29-32H2,1-20H3,(H,65,73)(H,66,74)(H,67,75)(H,68,76)/b61-33-,62-34+,63-35+,64-36+. The van der Waals surface area contributed by atoms with E-state index in [4.69, 9.17) is 18.9 Å². The molecule has 5 rings (SSSR count). The second-order valence-electron chi connectivity index (χ2n) is 24.7. The molecule has 0 saturated carbocycles. The van der Waals surface area contributed by atoms with Gasteiger partial charge in [-0.3, -0.25) is 19.2 Å². The van der Waals surface area contributed by atoms with Gasteiger partial charge in [0.1, 0.15) is 48.4 Å². The molecular weight excluding hydrogens is 1150 g/mol. The molecule has 4 aromatic rings. The number of ether oxygens (including phenoxy) is 4. The Kier molecular flexibility index (Phi) is 23.8. The van der Waals surface area contributed by atoms with Crippen molar-refractivity contribution in [3.63, 3.8) is 0 Å². The monoisotopic (exact) mass is 1230 g/mol. The third kappa shape index (κ3) is 20.8. The fourth-order valence-electron chi connectivity index (χ4n) is 7.23. The molecule has 1 aliphatic rings. The van der Waals surface area contributed by atoms with E-state index >= 15 is 0 Å². The van der Waals surface area contributed by atoms with Crippen molar-refractivity contribution in [3.8, 4) is 23.0 Å². The smallest absolute Gasteiger partial charge is 0.278 e. The summed E-state index contributed by atoms with van der Waals surface area (Å²) in [5.41, 5.74) is 12.3. The first-order valence-corrected chi connectivity index (χ1v) is 30.3. The molecule has 0 unspecified atom stereocenters. The highest BCUT2D eigenvalue weighted by Gasteiger charge is 2.31. The van der Waals surface area contributed by atoms with E-state index in [1.165, 1.54) is 72.4 Å². The van der Waals surface area contributed by atoms with Gasteiger partial charge in [-0.2, -0.15) is 20.4 Å². The number of nitrogens with one attached hydrogen (secondary N) is 4. The Morgan fingerprint density at radius 2 is 0.500 bits per heavy atom. The van der Waals surface area contributed by atoms with Gasteiger partial charge < -0.3 is 38.5 Å². The average molecular weight is 1230 g/mol. The highest BCUT2D eigenvalue weighted by atomic mass is 32.2. The normalized spacial score (nSPS) is 13.0. The largest absolute Gasteiger partial charge is 0.481 e. The summed E-state index contributed by atoms with van der Waals surface area (Å²) in [6.45, 7) is 23.8. The summed E-state index contributed by atoms with van der Waals surface area (Å²) in [5, 5.41) is 16.4. The molecule has 0 atom stereocenters. The lowest BCUT2D eigenvalue weighted by Gasteiger charge is -2.28. The fourth-order valence-corrected chi connectivity index (χ4v) is 12.0. The van der Waals surface area contributed by atoms with E-state index in [0.29, 0.717) is 62.2 Å². The Labute approximate surface area is 513 Å². The van der Waals surface area contributed by atoms with Crippen LogP contribution in [0.4, 0.5) is 0 Å². The molecule has 84 heavy (non-hydrogen) atoms. The summed E-state index contributed by atoms with van der Waals surface area (Å²) in [4.78, 5) is 66.5. The molecule has 4 N–H and O–H groups in total. The van der Waals surface area contributed by atoms with Crippen molar-refractivity contribution in [1.82, 2.24) is 41.3 Å². The van der Waals surface area contributed by atoms with Crippen molar-refractivity contribution in [2.45, 2.75) is 144 Å². The minimum Gasteiger partial charge on any atom is -0.481 e. The summed E-state index contributed by atoms with van der Waals surface area (Å²) in [5.74, 6) is -0.536. The second-order valence-corrected chi connectivity index (χ2v) is 29.1. The molecule has 20 nitrogen and oxygen atoms in total. The predicted octanol–water partition coefficient (Wildman–Crippen LogP) is 9.79. The SMILES string of the molecule is CN(C)/C=N\NC(=O)COc1c2cc(C(C)(C)C)cc1Sc1cc(C(C)(C)C)cc(c1OCC(=O)N/N=C/N(C)C)Sc1cc(C(C)(C)C)cc(c1OCC(=O)N/N=C/N(C)C)Sc1cc(C(C)(C)C)cc(c1OCC(=O)N/N=C/N(C)C)S2. The molecule has 0 aromatic heterocycles. The van der Waals surface area contributed by atoms with Gasteiger partial charge in [-0.05, 0) is 92.4 Å². The first-order chi connectivity index (χ1) is 39.1. The third-order valence-electron chi connectivity index (χ3n) is 11.7. The number of fused-ring (bicyclic) bond motifs is 8. The van der Waals surface area contributed by atoms with Gasteiger partial charge in [-0.15, -0.1) is 0 Å². The zero-order valence-electron chi connectivity index (χ0n) is 52.2. The average Bonchev–Trinajstić information content (AvgIpc) is 1.66. The molecule has 4 amide bonds. The van der Waals surface area contributed by atoms with E-state index in [1.807, 2.05) is 0 Å². The van der Waals surface area contributed by atoms with E-state index in [2.05, 4.69) is 174 Å². The quantitative estimate of drug-likeness (QED) is 0.0324. The van der Waals surface area contributed by atoms with Crippen LogP contribution < -0.4 is 40.7 Å². The van der Waals surface area contributed by atoms with Crippen molar-refractivity contribution in [2.75, 3.05) is 82.8 Å². The van der Waals surface area contributed by atoms with Crippen LogP contribution in [0.15, 0.2) is 108 Å². The molecule has 456 valence electrons. The van der Waals surface area contributed by atoms with Gasteiger partial charge in [-0.25, -0.2) is 21.7 Å². The van der Waals surface area contributed by atoms with Gasteiger partial charge in [0.25, 0.3) is 23.6 Å². The number of hydrazone groups is 4. The second kappa shape index (κ2) is 29.4. The number of hydrogen-bond donors (Lipinski definition) is 4. The Morgan fingerprint density at radius 3 is 0.631 bits per heavy atom. The number of rotatable bonds is 20. The van der Waals surface area contributed by atoms with Gasteiger partial charge in [0.2, 0.25) is 0 Å². The summed E-state index contributed by atoms with van der Waals surface area (Å²) < 4.78 is 27.0. The molecule has 4 aromatic carbocycles. The van der Waals surface area contributed by atoms with Crippen LogP contribution in [0, 0.1) is 0 Å². The lowest BCUT2D eigenvalue weighted by atomic mass is 9.87. The maximum atomic E-state index is 13.7. The molecule has 8 bridgehead atoms. The van der Waals surface area contributed by atoms with E-state index in [-0.39, 0.29) is 0 Å². The van der Waals surface area contributed by atoms with Crippen LogP contribution in [0.2, 0.25) is 0 Å². The van der Waals surface area contributed by atoms with Gasteiger partial charge in [0.15, 0.2) is 26.4 Å². The van der Waals surface area contributed by atoms with Crippen LogP contribution in [0.1, 0.15) is 105 Å². The van der Waals surface area contributed by atoms with Crippen molar-refractivity contribution in [2.24, 2.45) is 20.4 Å². The Morgan fingerprint density at radius 1 is 0.345 bits per heavy atom. The highest BCUT2D eigenvalue weighted by molar-refractivity contribution is 8.01. The molecule has 0 radical (unpaired) electrons. The van der Waals surface area contributed by atoms with Gasteiger partial charge >= 0.3 is 0 Å². The number of hydrogen-bond acceptors (Lipinski definition) is 16. The van der Waals surface area contributed by atoms with Crippen LogP contribution >= 0.6 is 47.0 Å². The van der Waals surface area contributed by atoms with Crippen LogP contribution in [-0.4, -0.2) is 151 Å². The Balaban J connectivity index is 2.01. The van der Waals surface area contributed by atoms with Gasteiger partial charge in [0.05, 0.1) is 39.2 Å². The zero-order valence-corrected chi connectivity index (χ0v) is 55.5. The van der Waals surface area contributed by atoms with E-state index in [9.17, 15) is 19.2 Å². The molecular formula is C60H84N12O8S4. The highest BCUT2D eigenvalue weighted by Crippen LogP contribution is 2.56. The lowest BCUT2D eigenvalue weighted by Crippen LogP contribution is -2.26. The summed E-state index contributed by atoms with van der Waals surface area (Å²) in [6, 6.07) is 16.4. The number of carbonyl (C=O) groups is 4. The summed E-state index contributed by atoms with van der Waals surface area (Å²) >= 11 is 5.46. The van der Waals surface area contributed by atoms with Crippen molar-refractivity contribution >= 4 is 96.0 Å². The van der Waals surface area contributed by atoms with Gasteiger partial charge in [-0.1, -0.05) is 130 Å². The molecule has 24 heteroatoms. The maximum absolute atomic E-state index is 13.7. The van der Waals surface area contributed by atoms with Crippen molar-refractivity contribution in [1.29, 1.82) is 0 Å². The van der Waals surface area contributed by atoms with Crippen LogP contribution in [-0.2, 0) is 40.8 Å². The van der Waals surface area contributed by atoms with Crippen LogP contribution in [0.5, 0.6) is 23.0 Å². The number of carbonyl (C=O) groups excluding carboxylic acids is 4. The summed E-state index contributed by atoms with van der Waals surface area (Å²) in [7, 11) is 14.3. The van der Waals surface area contributed by atoms with Crippen LogP contribution in [0.3, 0.4) is 0 Å². The van der Waals surface area contributed by atoms with E-state index in [0.717, 1.165) is 22.3 Å². The molecule has 0 saturated heterocycles. The zero-order chi connectivity index (χ0) is 62.5. The minimum atomic E-state index is -0.504. The number of amides is 4. The van der Waals surface area contributed by atoms with Crippen molar-refractivity contribution < 1.29 is 38.1 Å². The third-order valence-corrected chi connectivity index (χ3v) is 15.9. The van der Waals surface area contributed by atoms with Crippen LogP contribution in [0.25, 0.3) is 0 Å². The Bertz CT molecular complexity index is 2630. The number of nitrogens with zero attached hydrogens (tertiary/aromatic N) is 8. The van der Waals surface area contributed by atoms with E-state index in [1.54, 1.807) is 76.0 Å². The summed E-state index contributed by atoms with van der Waals surface area (Å²) in [6.07, 6.45) is 5.91. The lowest BCUT2D eigenvalue weighted by molar-refractivity contribution is -0.123.